The Bertz CT molecular complexity index is 380. The summed E-state index contributed by atoms with van der Waals surface area (Å²) in [5, 5.41) is 6.18. The molecule has 3 unspecified atom stereocenters. The lowest BCUT2D eigenvalue weighted by atomic mass is 9.71. The summed E-state index contributed by atoms with van der Waals surface area (Å²) < 4.78 is 0. The fourth-order valence-corrected chi connectivity index (χ4v) is 5.18. The average molecular weight is 292 g/mol. The van der Waals surface area contributed by atoms with Crippen LogP contribution in [0.2, 0.25) is 0 Å². The van der Waals surface area contributed by atoms with Gasteiger partial charge in [0, 0.05) is 17.0 Å². The second-order valence-corrected chi connectivity index (χ2v) is 7.84. The van der Waals surface area contributed by atoms with Crippen LogP contribution in [0.15, 0.2) is 17.5 Å². The lowest BCUT2D eigenvalue weighted by Gasteiger charge is -2.40. The van der Waals surface area contributed by atoms with Crippen molar-refractivity contribution in [1.82, 2.24) is 5.32 Å². The predicted molar refractivity (Wildman–Crippen MR) is 88.2 cm³/mol. The summed E-state index contributed by atoms with van der Waals surface area (Å²) in [4.78, 5) is 1.50. The Kier molecular flexibility index (Phi) is 5.17. The molecular formula is C18H29NS. The van der Waals surface area contributed by atoms with Crippen molar-refractivity contribution in [3.05, 3.63) is 22.4 Å². The minimum Gasteiger partial charge on any atom is -0.306 e. The highest BCUT2D eigenvalue weighted by Gasteiger charge is 2.33. The largest absolute Gasteiger partial charge is 0.306 e. The lowest BCUT2D eigenvalue weighted by Crippen LogP contribution is -2.43. The van der Waals surface area contributed by atoms with Crippen molar-refractivity contribution in [2.24, 2.45) is 11.8 Å². The fourth-order valence-electron chi connectivity index (χ4n) is 4.43. The van der Waals surface area contributed by atoms with Gasteiger partial charge in [0.1, 0.15) is 0 Å². The molecule has 0 amide bonds. The summed E-state index contributed by atoms with van der Waals surface area (Å²) >= 11 is 1.89. The zero-order valence-corrected chi connectivity index (χ0v) is 13.6. The van der Waals surface area contributed by atoms with Crippen molar-refractivity contribution in [1.29, 1.82) is 0 Å². The molecule has 3 rings (SSSR count). The minimum absolute atomic E-state index is 0.532. The first kappa shape index (κ1) is 14.6. The van der Waals surface area contributed by atoms with Crippen LogP contribution in [0.5, 0.6) is 0 Å². The highest BCUT2D eigenvalue weighted by atomic mass is 32.1. The van der Waals surface area contributed by atoms with E-state index in [9.17, 15) is 0 Å². The topological polar surface area (TPSA) is 12.0 Å². The van der Waals surface area contributed by atoms with E-state index in [0.29, 0.717) is 6.04 Å². The molecule has 0 aromatic carbocycles. The van der Waals surface area contributed by atoms with Crippen molar-refractivity contribution < 1.29 is 0 Å². The smallest absolute Gasteiger partial charge is 0.0388 e. The van der Waals surface area contributed by atoms with Crippen LogP contribution >= 0.6 is 11.3 Å². The van der Waals surface area contributed by atoms with Crippen molar-refractivity contribution in [3.8, 4) is 0 Å². The summed E-state index contributed by atoms with van der Waals surface area (Å²) in [6, 6.07) is 5.76. The quantitative estimate of drug-likeness (QED) is 0.768. The van der Waals surface area contributed by atoms with Gasteiger partial charge in [-0.3, -0.25) is 0 Å². The van der Waals surface area contributed by atoms with E-state index in [2.05, 4.69) is 29.8 Å². The Hall–Kier alpha value is -0.340. The van der Waals surface area contributed by atoms with Gasteiger partial charge in [-0.05, 0) is 43.0 Å². The number of thiophene rings is 1. The van der Waals surface area contributed by atoms with E-state index in [1.807, 2.05) is 11.3 Å². The van der Waals surface area contributed by atoms with Gasteiger partial charge in [0.15, 0.2) is 0 Å². The molecule has 0 spiro atoms. The second kappa shape index (κ2) is 7.09. The van der Waals surface area contributed by atoms with E-state index in [1.165, 1.54) is 62.7 Å². The third kappa shape index (κ3) is 3.46. The molecule has 1 aromatic rings. The molecule has 1 N–H and O–H groups in total. The maximum absolute atomic E-state index is 3.98. The van der Waals surface area contributed by atoms with Crippen LogP contribution in [0.4, 0.5) is 0 Å². The third-order valence-corrected chi connectivity index (χ3v) is 6.56. The van der Waals surface area contributed by atoms with Gasteiger partial charge >= 0.3 is 0 Å². The molecule has 1 aromatic heterocycles. The van der Waals surface area contributed by atoms with Gasteiger partial charge in [-0.2, -0.15) is 0 Å². The Morgan fingerprint density at radius 1 is 1.05 bits per heavy atom. The van der Waals surface area contributed by atoms with Crippen LogP contribution in [0.3, 0.4) is 0 Å². The molecule has 2 heteroatoms. The van der Waals surface area contributed by atoms with E-state index < -0.39 is 0 Å². The van der Waals surface area contributed by atoms with Crippen LogP contribution in [0, 0.1) is 11.8 Å². The number of nitrogens with one attached hydrogen (secondary N) is 1. The average Bonchev–Trinajstić information content (AvgIpc) is 3.03. The van der Waals surface area contributed by atoms with Gasteiger partial charge in [0.05, 0.1) is 0 Å². The number of hydrogen-bond donors (Lipinski definition) is 1. The summed E-state index contributed by atoms with van der Waals surface area (Å²) in [6.45, 7) is 2.35. The maximum atomic E-state index is 3.98. The predicted octanol–water partition coefficient (Wildman–Crippen LogP) is 5.54. The normalized spacial score (nSPS) is 30.2. The maximum Gasteiger partial charge on any atom is 0.0388 e. The highest BCUT2D eigenvalue weighted by Crippen LogP contribution is 2.39. The lowest BCUT2D eigenvalue weighted by molar-refractivity contribution is 0.143. The van der Waals surface area contributed by atoms with E-state index >= 15 is 0 Å². The van der Waals surface area contributed by atoms with Gasteiger partial charge in [-0.15, -0.1) is 11.3 Å². The minimum atomic E-state index is 0.532. The molecule has 2 aliphatic carbocycles. The van der Waals surface area contributed by atoms with Gasteiger partial charge in [0.25, 0.3) is 0 Å². The Labute approximate surface area is 128 Å². The van der Waals surface area contributed by atoms with E-state index in [-0.39, 0.29) is 0 Å². The molecule has 2 fully saturated rings. The monoisotopic (exact) mass is 291 g/mol. The van der Waals surface area contributed by atoms with Crippen molar-refractivity contribution in [2.75, 3.05) is 0 Å². The summed E-state index contributed by atoms with van der Waals surface area (Å²) in [7, 11) is 0. The van der Waals surface area contributed by atoms with Crippen molar-refractivity contribution in [2.45, 2.75) is 76.8 Å². The summed E-state index contributed by atoms with van der Waals surface area (Å²) in [5.41, 5.74) is 0. The molecule has 0 radical (unpaired) electrons. The second-order valence-electron chi connectivity index (χ2n) is 6.86. The van der Waals surface area contributed by atoms with Gasteiger partial charge in [-0.25, -0.2) is 0 Å². The molecule has 0 saturated heterocycles. The van der Waals surface area contributed by atoms with Crippen LogP contribution < -0.4 is 5.32 Å². The summed E-state index contributed by atoms with van der Waals surface area (Å²) in [5.74, 6) is 1.96. The van der Waals surface area contributed by atoms with Crippen LogP contribution in [-0.2, 0) is 0 Å². The first-order valence-electron chi connectivity index (χ1n) is 8.64. The van der Waals surface area contributed by atoms with E-state index in [4.69, 9.17) is 0 Å². The number of rotatable bonds is 4. The molecular weight excluding hydrogens is 262 g/mol. The standard InChI is InChI=1S/C18H29NS/c1-14(18-12-7-13-20-18)19-17-11-6-5-10-16(17)15-8-3-2-4-9-15/h7,12-17,19H,2-6,8-11H2,1H3. The molecule has 1 nitrogen and oxygen atoms in total. The molecule has 0 aliphatic heterocycles. The molecule has 2 saturated carbocycles. The fraction of sp³-hybridized carbons (Fsp3) is 0.778. The molecule has 0 bridgehead atoms. The molecule has 1 heterocycles. The van der Waals surface area contributed by atoms with Crippen molar-refractivity contribution in [3.63, 3.8) is 0 Å². The summed E-state index contributed by atoms with van der Waals surface area (Å²) in [6.07, 6.45) is 13.2. The van der Waals surface area contributed by atoms with E-state index in [1.54, 1.807) is 0 Å². The Balaban J connectivity index is 1.62. The van der Waals surface area contributed by atoms with Gasteiger partial charge in [0.2, 0.25) is 0 Å². The SMILES string of the molecule is CC(NC1CCCCC1C1CCCCC1)c1cccs1. The first-order chi connectivity index (χ1) is 9.84. The third-order valence-electron chi connectivity index (χ3n) is 5.51. The Morgan fingerprint density at radius 3 is 2.55 bits per heavy atom. The van der Waals surface area contributed by atoms with Gasteiger partial charge in [-0.1, -0.05) is 51.0 Å². The zero-order chi connectivity index (χ0) is 13.8. The van der Waals surface area contributed by atoms with Crippen molar-refractivity contribution >= 4 is 11.3 Å². The van der Waals surface area contributed by atoms with Gasteiger partial charge < -0.3 is 5.32 Å². The zero-order valence-electron chi connectivity index (χ0n) is 12.8. The molecule has 20 heavy (non-hydrogen) atoms. The van der Waals surface area contributed by atoms with E-state index in [0.717, 1.165) is 17.9 Å². The molecule has 112 valence electrons. The van der Waals surface area contributed by atoms with Crippen LogP contribution in [-0.4, -0.2) is 6.04 Å². The highest BCUT2D eigenvalue weighted by molar-refractivity contribution is 7.10. The molecule has 3 atom stereocenters. The number of hydrogen-bond acceptors (Lipinski definition) is 2. The van der Waals surface area contributed by atoms with Crippen LogP contribution in [0.1, 0.15) is 75.6 Å². The first-order valence-corrected chi connectivity index (χ1v) is 9.52. The molecule has 2 aliphatic rings. The van der Waals surface area contributed by atoms with Crippen LogP contribution in [0.25, 0.3) is 0 Å². The Morgan fingerprint density at radius 2 is 1.80 bits per heavy atom.